The standard InChI is InChI=1S/C9H14N4O2/c10-9(11,8(14)15)4-1-3-7-12-5-2-6-13-7/h2,5-6H,1,3-4,10-11H2,(H,14,15). The number of aliphatic carboxylic acids is 1. The summed E-state index contributed by atoms with van der Waals surface area (Å²) in [6.45, 7) is 0. The molecule has 82 valence electrons. The summed E-state index contributed by atoms with van der Waals surface area (Å²) >= 11 is 0. The van der Waals surface area contributed by atoms with Crippen molar-refractivity contribution in [3.63, 3.8) is 0 Å². The van der Waals surface area contributed by atoms with Crippen LogP contribution in [0, 0.1) is 0 Å². The van der Waals surface area contributed by atoms with E-state index < -0.39 is 11.6 Å². The van der Waals surface area contributed by atoms with Gasteiger partial charge in [-0.25, -0.2) is 14.8 Å². The van der Waals surface area contributed by atoms with E-state index in [1.165, 1.54) is 0 Å². The summed E-state index contributed by atoms with van der Waals surface area (Å²) in [6, 6.07) is 1.72. The topological polar surface area (TPSA) is 115 Å². The third kappa shape index (κ3) is 3.61. The predicted molar refractivity (Wildman–Crippen MR) is 53.7 cm³/mol. The lowest BCUT2D eigenvalue weighted by atomic mass is 10.0. The van der Waals surface area contributed by atoms with Crippen LogP contribution in [0.2, 0.25) is 0 Å². The van der Waals surface area contributed by atoms with Crippen molar-refractivity contribution in [3.05, 3.63) is 24.3 Å². The molecule has 0 saturated carbocycles. The summed E-state index contributed by atoms with van der Waals surface area (Å²) in [5.74, 6) is -0.532. The summed E-state index contributed by atoms with van der Waals surface area (Å²) in [5, 5.41) is 8.66. The Balaban J connectivity index is 2.37. The summed E-state index contributed by atoms with van der Waals surface area (Å²) in [6.07, 6.45) is 4.59. The number of hydrogen-bond donors (Lipinski definition) is 3. The Kier molecular flexibility index (Phi) is 3.70. The quantitative estimate of drug-likeness (QED) is 0.564. The van der Waals surface area contributed by atoms with Crippen molar-refractivity contribution in [1.82, 2.24) is 9.97 Å². The highest BCUT2D eigenvalue weighted by atomic mass is 16.4. The van der Waals surface area contributed by atoms with Gasteiger partial charge in [0.15, 0.2) is 5.66 Å². The maximum atomic E-state index is 10.6. The van der Waals surface area contributed by atoms with Crippen LogP contribution >= 0.6 is 0 Å². The lowest BCUT2D eigenvalue weighted by Crippen LogP contribution is -2.56. The van der Waals surface area contributed by atoms with Crippen molar-refractivity contribution in [2.45, 2.75) is 24.9 Å². The van der Waals surface area contributed by atoms with Gasteiger partial charge in [0.1, 0.15) is 5.82 Å². The highest BCUT2D eigenvalue weighted by Crippen LogP contribution is 2.06. The summed E-state index contributed by atoms with van der Waals surface area (Å²) in [7, 11) is 0. The molecule has 0 aliphatic carbocycles. The Morgan fingerprint density at radius 1 is 1.40 bits per heavy atom. The van der Waals surface area contributed by atoms with E-state index in [0.29, 0.717) is 18.7 Å². The molecule has 0 aliphatic rings. The maximum absolute atomic E-state index is 10.6. The van der Waals surface area contributed by atoms with Gasteiger partial charge in [0.05, 0.1) is 0 Å². The molecule has 1 rings (SSSR count). The molecule has 0 unspecified atom stereocenters. The average Bonchev–Trinajstić information content (AvgIpc) is 2.19. The molecule has 1 aromatic rings. The highest BCUT2D eigenvalue weighted by Gasteiger charge is 2.27. The van der Waals surface area contributed by atoms with Crippen LogP contribution in [-0.4, -0.2) is 26.7 Å². The number of carboxylic acid groups (broad SMARTS) is 1. The molecular weight excluding hydrogens is 196 g/mol. The van der Waals surface area contributed by atoms with E-state index in [4.69, 9.17) is 16.6 Å². The smallest absolute Gasteiger partial charge is 0.338 e. The Hall–Kier alpha value is -1.53. The number of aryl methyl sites for hydroxylation is 1. The van der Waals surface area contributed by atoms with E-state index in [1.54, 1.807) is 18.5 Å². The minimum Gasteiger partial charge on any atom is -0.479 e. The predicted octanol–water partition coefficient (Wildman–Crippen LogP) is -0.502. The van der Waals surface area contributed by atoms with Crippen molar-refractivity contribution < 1.29 is 9.90 Å². The first-order valence-electron chi connectivity index (χ1n) is 4.59. The molecule has 0 spiro atoms. The second-order valence-corrected chi connectivity index (χ2v) is 3.36. The van der Waals surface area contributed by atoms with E-state index >= 15 is 0 Å². The van der Waals surface area contributed by atoms with Gasteiger partial charge in [-0.1, -0.05) is 0 Å². The van der Waals surface area contributed by atoms with Gasteiger partial charge in [0.25, 0.3) is 0 Å². The maximum Gasteiger partial charge on any atom is 0.338 e. The highest BCUT2D eigenvalue weighted by molar-refractivity contribution is 5.77. The van der Waals surface area contributed by atoms with Crippen molar-refractivity contribution in [2.24, 2.45) is 11.5 Å². The summed E-state index contributed by atoms with van der Waals surface area (Å²) in [4.78, 5) is 18.6. The molecule has 0 atom stereocenters. The van der Waals surface area contributed by atoms with Crippen molar-refractivity contribution in [1.29, 1.82) is 0 Å². The molecule has 0 aliphatic heterocycles. The van der Waals surface area contributed by atoms with Crippen LogP contribution in [0.25, 0.3) is 0 Å². The van der Waals surface area contributed by atoms with Crippen LogP contribution in [-0.2, 0) is 11.2 Å². The van der Waals surface area contributed by atoms with Gasteiger partial charge in [-0.05, 0) is 18.9 Å². The molecule has 1 heterocycles. The van der Waals surface area contributed by atoms with E-state index in [0.717, 1.165) is 0 Å². The molecule has 0 fully saturated rings. The van der Waals surface area contributed by atoms with Crippen LogP contribution in [0.3, 0.4) is 0 Å². The number of aromatic nitrogens is 2. The van der Waals surface area contributed by atoms with E-state index in [2.05, 4.69) is 9.97 Å². The normalized spacial score (nSPS) is 11.3. The van der Waals surface area contributed by atoms with E-state index in [-0.39, 0.29) is 6.42 Å². The molecule has 6 nitrogen and oxygen atoms in total. The summed E-state index contributed by atoms with van der Waals surface area (Å²) in [5.41, 5.74) is 9.06. The van der Waals surface area contributed by atoms with Crippen molar-refractivity contribution >= 4 is 5.97 Å². The monoisotopic (exact) mass is 210 g/mol. The molecule has 0 amide bonds. The largest absolute Gasteiger partial charge is 0.479 e. The van der Waals surface area contributed by atoms with Crippen LogP contribution in [0.4, 0.5) is 0 Å². The summed E-state index contributed by atoms with van der Waals surface area (Å²) < 4.78 is 0. The molecule has 0 bridgehead atoms. The second kappa shape index (κ2) is 4.81. The molecule has 6 heteroatoms. The average molecular weight is 210 g/mol. The number of carbonyl (C=O) groups is 1. The Morgan fingerprint density at radius 3 is 2.53 bits per heavy atom. The first-order chi connectivity index (χ1) is 7.02. The number of carboxylic acids is 1. The van der Waals surface area contributed by atoms with Crippen molar-refractivity contribution in [3.8, 4) is 0 Å². The second-order valence-electron chi connectivity index (χ2n) is 3.36. The molecule has 15 heavy (non-hydrogen) atoms. The third-order valence-corrected chi connectivity index (χ3v) is 2.01. The minimum absolute atomic E-state index is 0.195. The van der Waals surface area contributed by atoms with Gasteiger partial charge in [-0.3, -0.25) is 0 Å². The molecule has 0 saturated heterocycles. The fraction of sp³-hybridized carbons (Fsp3) is 0.444. The zero-order chi connectivity index (χ0) is 11.3. The number of nitrogens with zero attached hydrogens (tertiary/aromatic N) is 2. The first-order valence-corrected chi connectivity index (χ1v) is 4.59. The zero-order valence-corrected chi connectivity index (χ0v) is 8.26. The molecule has 1 aromatic heterocycles. The zero-order valence-electron chi connectivity index (χ0n) is 8.26. The Morgan fingerprint density at radius 2 is 2.00 bits per heavy atom. The molecule has 5 N–H and O–H groups in total. The Labute approximate surface area is 87.3 Å². The van der Waals surface area contributed by atoms with E-state index in [1.807, 2.05) is 0 Å². The van der Waals surface area contributed by atoms with Crippen molar-refractivity contribution in [2.75, 3.05) is 0 Å². The fourth-order valence-electron chi connectivity index (χ4n) is 1.11. The lowest BCUT2D eigenvalue weighted by molar-refractivity contribution is -0.143. The molecule has 0 radical (unpaired) electrons. The van der Waals surface area contributed by atoms with E-state index in [9.17, 15) is 4.79 Å². The first kappa shape index (κ1) is 11.5. The third-order valence-electron chi connectivity index (χ3n) is 2.01. The molecular formula is C9H14N4O2. The van der Waals surface area contributed by atoms with Gasteiger partial charge in [-0.2, -0.15) is 0 Å². The lowest BCUT2D eigenvalue weighted by Gasteiger charge is -2.18. The van der Waals surface area contributed by atoms with Gasteiger partial charge >= 0.3 is 5.97 Å². The minimum atomic E-state index is -1.66. The Bertz CT molecular complexity index is 326. The van der Waals surface area contributed by atoms with Gasteiger partial charge in [0.2, 0.25) is 0 Å². The van der Waals surface area contributed by atoms with Crippen LogP contribution in [0.15, 0.2) is 18.5 Å². The van der Waals surface area contributed by atoms with Gasteiger partial charge in [-0.15, -0.1) is 0 Å². The number of hydrogen-bond acceptors (Lipinski definition) is 5. The van der Waals surface area contributed by atoms with Gasteiger partial charge < -0.3 is 16.6 Å². The SMILES string of the molecule is NC(N)(CCCc1ncccn1)C(=O)O. The molecule has 0 aromatic carbocycles. The van der Waals surface area contributed by atoms with Crippen LogP contribution in [0.1, 0.15) is 18.7 Å². The fourth-order valence-corrected chi connectivity index (χ4v) is 1.11. The van der Waals surface area contributed by atoms with Crippen LogP contribution < -0.4 is 11.5 Å². The van der Waals surface area contributed by atoms with Gasteiger partial charge in [0, 0.05) is 18.8 Å². The number of rotatable bonds is 5. The number of nitrogens with two attached hydrogens (primary N) is 2. The van der Waals surface area contributed by atoms with Crippen LogP contribution in [0.5, 0.6) is 0 Å².